The number of hydrogen-bond donors (Lipinski definition) is 1. The third kappa shape index (κ3) is 3.50. The minimum absolute atomic E-state index is 0.425. The molecular formula is C14H25N3O. The molecule has 1 heterocycles. The summed E-state index contributed by atoms with van der Waals surface area (Å²) >= 11 is 0. The summed E-state index contributed by atoms with van der Waals surface area (Å²) in [5, 5.41) is 3.16. The summed E-state index contributed by atoms with van der Waals surface area (Å²) in [7, 11) is 1.96. The highest BCUT2D eigenvalue weighted by Gasteiger charge is 2.25. The van der Waals surface area contributed by atoms with E-state index in [2.05, 4.69) is 15.3 Å². The molecule has 0 aliphatic carbocycles. The van der Waals surface area contributed by atoms with Crippen LogP contribution in [0.15, 0.2) is 0 Å². The van der Waals surface area contributed by atoms with Crippen LogP contribution in [0, 0.1) is 13.8 Å². The van der Waals surface area contributed by atoms with Crippen molar-refractivity contribution in [2.75, 3.05) is 20.2 Å². The van der Waals surface area contributed by atoms with Crippen LogP contribution in [0.3, 0.4) is 0 Å². The van der Waals surface area contributed by atoms with Gasteiger partial charge < -0.3 is 10.1 Å². The monoisotopic (exact) mass is 251 g/mol. The smallest absolute Gasteiger partial charge is 0.160 e. The van der Waals surface area contributed by atoms with E-state index in [1.807, 2.05) is 41.7 Å². The Balaban J connectivity index is 3.05. The predicted molar refractivity (Wildman–Crippen MR) is 73.8 cm³/mol. The summed E-state index contributed by atoms with van der Waals surface area (Å²) in [5.74, 6) is 0.771. The maximum absolute atomic E-state index is 5.71. The van der Waals surface area contributed by atoms with Crippen molar-refractivity contribution in [3.63, 3.8) is 0 Å². The second-order valence-electron chi connectivity index (χ2n) is 4.99. The van der Waals surface area contributed by atoms with Crippen molar-refractivity contribution in [3.05, 3.63) is 22.8 Å². The van der Waals surface area contributed by atoms with Gasteiger partial charge >= 0.3 is 0 Å². The molecule has 0 unspecified atom stereocenters. The van der Waals surface area contributed by atoms with Gasteiger partial charge in [-0.3, -0.25) is 0 Å². The van der Waals surface area contributed by atoms with E-state index < -0.39 is 5.60 Å². The van der Waals surface area contributed by atoms with Crippen LogP contribution in [0.4, 0.5) is 0 Å². The number of hydrogen-bond acceptors (Lipinski definition) is 4. The number of likely N-dealkylation sites (N-methyl/N-ethyl adjacent to an activating group) is 1. The highest BCUT2D eigenvalue weighted by atomic mass is 16.5. The second kappa shape index (κ2) is 6.25. The number of ether oxygens (including phenoxy) is 1. The zero-order valence-electron chi connectivity index (χ0n) is 12.4. The van der Waals surface area contributed by atoms with Crippen molar-refractivity contribution in [1.82, 2.24) is 15.3 Å². The van der Waals surface area contributed by atoms with Crippen molar-refractivity contribution in [2.45, 2.75) is 46.6 Å². The molecule has 1 aromatic heterocycles. The topological polar surface area (TPSA) is 47.0 Å². The van der Waals surface area contributed by atoms with Gasteiger partial charge in [0, 0.05) is 18.0 Å². The van der Waals surface area contributed by atoms with Crippen LogP contribution in [0.1, 0.15) is 43.5 Å². The molecule has 1 rings (SSSR count). The predicted octanol–water partition coefficient (Wildman–Crippen LogP) is 2.13. The van der Waals surface area contributed by atoms with Gasteiger partial charge in [0.15, 0.2) is 5.82 Å². The Bertz CT molecular complexity index is 379. The van der Waals surface area contributed by atoms with Crippen molar-refractivity contribution in [1.29, 1.82) is 0 Å². The highest BCUT2D eigenvalue weighted by Crippen LogP contribution is 2.23. The molecule has 0 spiro atoms. The Morgan fingerprint density at radius 2 is 1.72 bits per heavy atom. The van der Waals surface area contributed by atoms with E-state index in [1.165, 1.54) is 5.56 Å². The van der Waals surface area contributed by atoms with E-state index in [4.69, 9.17) is 4.74 Å². The van der Waals surface area contributed by atoms with Gasteiger partial charge in [0.2, 0.25) is 0 Å². The Morgan fingerprint density at radius 3 is 2.17 bits per heavy atom. The summed E-state index contributed by atoms with van der Waals surface area (Å²) in [5.41, 5.74) is 2.92. The largest absolute Gasteiger partial charge is 0.368 e. The Morgan fingerprint density at radius 1 is 1.17 bits per heavy atom. The lowest BCUT2D eigenvalue weighted by Gasteiger charge is -2.24. The quantitative estimate of drug-likeness (QED) is 0.841. The summed E-state index contributed by atoms with van der Waals surface area (Å²) in [6.07, 6.45) is 0.962. The first-order valence-corrected chi connectivity index (χ1v) is 6.55. The normalized spacial score (nSPS) is 11.9. The van der Waals surface area contributed by atoms with Crippen LogP contribution in [0.25, 0.3) is 0 Å². The van der Waals surface area contributed by atoms with Gasteiger partial charge in [-0.15, -0.1) is 0 Å². The van der Waals surface area contributed by atoms with E-state index >= 15 is 0 Å². The second-order valence-corrected chi connectivity index (χ2v) is 4.99. The van der Waals surface area contributed by atoms with Crippen LogP contribution in [-0.4, -0.2) is 30.2 Å². The summed E-state index contributed by atoms with van der Waals surface area (Å²) in [6.45, 7) is 11.7. The Labute approximate surface area is 110 Å². The number of nitrogens with one attached hydrogen (secondary N) is 1. The van der Waals surface area contributed by atoms with Crippen molar-refractivity contribution >= 4 is 0 Å². The third-order valence-corrected chi connectivity index (χ3v) is 3.09. The first-order chi connectivity index (χ1) is 8.42. The number of rotatable bonds is 6. The average Bonchev–Trinajstić information content (AvgIpc) is 2.27. The molecule has 4 nitrogen and oxygen atoms in total. The van der Waals surface area contributed by atoms with Gasteiger partial charge in [-0.2, -0.15) is 0 Å². The minimum Gasteiger partial charge on any atom is -0.368 e. The molecule has 0 saturated carbocycles. The molecular weight excluding hydrogens is 226 g/mol. The van der Waals surface area contributed by atoms with Crippen LogP contribution in [0.2, 0.25) is 0 Å². The lowest BCUT2D eigenvalue weighted by Crippen LogP contribution is -2.26. The summed E-state index contributed by atoms with van der Waals surface area (Å²) < 4.78 is 5.71. The van der Waals surface area contributed by atoms with Crippen molar-refractivity contribution in [3.8, 4) is 0 Å². The Hall–Kier alpha value is -1.00. The molecule has 0 radical (unpaired) electrons. The average molecular weight is 251 g/mol. The number of aromatic nitrogens is 2. The van der Waals surface area contributed by atoms with Gasteiger partial charge in [0.05, 0.1) is 0 Å². The molecule has 0 amide bonds. The molecule has 0 atom stereocenters. The molecule has 0 bridgehead atoms. The molecule has 0 aliphatic rings. The molecule has 1 aromatic rings. The van der Waals surface area contributed by atoms with Crippen molar-refractivity contribution < 1.29 is 4.74 Å². The van der Waals surface area contributed by atoms with Crippen molar-refractivity contribution in [2.24, 2.45) is 0 Å². The van der Waals surface area contributed by atoms with E-state index in [0.717, 1.165) is 30.2 Å². The summed E-state index contributed by atoms with van der Waals surface area (Å²) in [4.78, 5) is 9.23. The first-order valence-electron chi connectivity index (χ1n) is 6.55. The van der Waals surface area contributed by atoms with E-state index in [1.54, 1.807) is 0 Å². The first kappa shape index (κ1) is 15.1. The van der Waals surface area contributed by atoms with E-state index in [9.17, 15) is 0 Å². The third-order valence-electron chi connectivity index (χ3n) is 3.09. The van der Waals surface area contributed by atoms with Crippen LogP contribution in [-0.2, 0) is 16.8 Å². The molecule has 102 valence electrons. The SMILES string of the molecule is CCOC(C)(C)c1nc(C)c(CCNC)c(C)n1. The zero-order chi connectivity index (χ0) is 13.8. The molecule has 0 aromatic carbocycles. The molecule has 0 saturated heterocycles. The Kier molecular flexibility index (Phi) is 5.23. The maximum Gasteiger partial charge on any atom is 0.160 e. The van der Waals surface area contributed by atoms with Gasteiger partial charge in [0.25, 0.3) is 0 Å². The van der Waals surface area contributed by atoms with Crippen LogP contribution in [0.5, 0.6) is 0 Å². The lowest BCUT2D eigenvalue weighted by atomic mass is 10.1. The van der Waals surface area contributed by atoms with E-state index in [-0.39, 0.29) is 0 Å². The number of aryl methyl sites for hydroxylation is 2. The zero-order valence-corrected chi connectivity index (χ0v) is 12.4. The van der Waals surface area contributed by atoms with Gasteiger partial charge in [-0.1, -0.05) is 0 Å². The fourth-order valence-corrected chi connectivity index (χ4v) is 2.05. The minimum atomic E-state index is -0.425. The molecule has 4 heteroatoms. The molecule has 1 N–H and O–H groups in total. The van der Waals surface area contributed by atoms with E-state index in [0.29, 0.717) is 6.61 Å². The van der Waals surface area contributed by atoms with Gasteiger partial charge in [-0.25, -0.2) is 9.97 Å². The fourth-order valence-electron chi connectivity index (χ4n) is 2.05. The fraction of sp³-hybridized carbons (Fsp3) is 0.714. The number of nitrogens with zero attached hydrogens (tertiary/aromatic N) is 2. The molecule has 18 heavy (non-hydrogen) atoms. The van der Waals surface area contributed by atoms with Crippen LogP contribution < -0.4 is 5.32 Å². The molecule has 0 fully saturated rings. The van der Waals surface area contributed by atoms with Gasteiger partial charge in [-0.05, 0) is 60.2 Å². The van der Waals surface area contributed by atoms with Crippen LogP contribution >= 0.6 is 0 Å². The van der Waals surface area contributed by atoms with Gasteiger partial charge in [0.1, 0.15) is 5.60 Å². The highest BCUT2D eigenvalue weighted by molar-refractivity contribution is 5.25. The lowest BCUT2D eigenvalue weighted by molar-refractivity contribution is -0.0210. The molecule has 0 aliphatic heterocycles. The summed E-state index contributed by atoms with van der Waals surface area (Å²) in [6, 6.07) is 0. The standard InChI is InChI=1S/C14H25N3O/c1-7-18-14(4,5)13-16-10(2)12(8-9-15-6)11(3)17-13/h15H,7-9H2,1-6H3. The maximum atomic E-state index is 5.71.